The van der Waals surface area contributed by atoms with E-state index in [1.54, 1.807) is 6.26 Å². The van der Waals surface area contributed by atoms with Gasteiger partial charge in [0.15, 0.2) is 0 Å². The zero-order valence-electron chi connectivity index (χ0n) is 10.3. The second kappa shape index (κ2) is 6.81. The number of aromatic nitrogens is 2. The van der Waals surface area contributed by atoms with E-state index in [0.29, 0.717) is 0 Å². The molecule has 0 aromatic carbocycles. The quantitative estimate of drug-likeness (QED) is 0.731. The van der Waals surface area contributed by atoms with E-state index >= 15 is 0 Å². The number of hydrogen-bond donors (Lipinski definition) is 1. The molecule has 0 saturated heterocycles. The lowest BCUT2D eigenvalue weighted by Crippen LogP contribution is -2.22. The van der Waals surface area contributed by atoms with Gasteiger partial charge in [0, 0.05) is 41.6 Å². The van der Waals surface area contributed by atoms with Gasteiger partial charge in [0.2, 0.25) is 0 Å². The van der Waals surface area contributed by atoms with Crippen molar-refractivity contribution in [2.45, 2.75) is 38.6 Å². The molecular formula is C11H21N3OS. The fourth-order valence-electron chi connectivity index (χ4n) is 1.47. The molecule has 0 amide bonds. The molecule has 0 aliphatic heterocycles. The van der Waals surface area contributed by atoms with Crippen molar-refractivity contribution in [1.29, 1.82) is 0 Å². The minimum Gasteiger partial charge on any atom is -0.334 e. The Kier molecular flexibility index (Phi) is 5.69. The van der Waals surface area contributed by atoms with Crippen molar-refractivity contribution >= 4 is 10.8 Å². The Labute approximate surface area is 99.9 Å². The molecule has 92 valence electrons. The Morgan fingerprint density at radius 1 is 1.62 bits per heavy atom. The molecule has 16 heavy (non-hydrogen) atoms. The first-order chi connectivity index (χ1) is 7.65. The molecule has 1 rings (SSSR count). The van der Waals surface area contributed by atoms with Crippen LogP contribution in [0.25, 0.3) is 0 Å². The molecule has 4 nitrogen and oxygen atoms in total. The van der Waals surface area contributed by atoms with Gasteiger partial charge in [0.25, 0.3) is 0 Å². The first-order valence-corrected chi connectivity index (χ1v) is 7.29. The second-order valence-corrected chi connectivity index (χ2v) is 5.75. The van der Waals surface area contributed by atoms with Gasteiger partial charge in [-0.05, 0) is 19.9 Å². The lowest BCUT2D eigenvalue weighted by atomic mass is 10.3. The molecule has 0 spiro atoms. The number of imidazole rings is 1. The maximum Gasteiger partial charge on any atom is 0.0948 e. The van der Waals surface area contributed by atoms with E-state index in [-0.39, 0.29) is 5.25 Å². The predicted octanol–water partition coefficient (Wildman–Crippen LogP) is 1.15. The summed E-state index contributed by atoms with van der Waals surface area (Å²) in [6.45, 7) is 6.81. The largest absolute Gasteiger partial charge is 0.334 e. The van der Waals surface area contributed by atoms with E-state index in [2.05, 4.69) is 21.8 Å². The summed E-state index contributed by atoms with van der Waals surface area (Å²) in [5, 5.41) is 3.62. The maximum absolute atomic E-state index is 11.1. The summed E-state index contributed by atoms with van der Waals surface area (Å²) in [5.74, 6) is 0. The molecular weight excluding hydrogens is 222 g/mol. The van der Waals surface area contributed by atoms with Crippen molar-refractivity contribution < 1.29 is 4.21 Å². The lowest BCUT2D eigenvalue weighted by molar-refractivity contribution is 0.601. The van der Waals surface area contributed by atoms with Gasteiger partial charge in [0.1, 0.15) is 0 Å². The first kappa shape index (κ1) is 13.4. The van der Waals surface area contributed by atoms with E-state index < -0.39 is 10.8 Å². The third-order valence-corrected chi connectivity index (χ3v) is 4.11. The molecule has 0 radical (unpaired) electrons. The summed E-state index contributed by atoms with van der Waals surface area (Å²) in [7, 11) is -0.714. The van der Waals surface area contributed by atoms with Gasteiger partial charge >= 0.3 is 0 Å². The molecule has 1 N–H and O–H groups in total. The van der Waals surface area contributed by atoms with Crippen molar-refractivity contribution in [3.63, 3.8) is 0 Å². The van der Waals surface area contributed by atoms with Gasteiger partial charge in [-0.1, -0.05) is 6.92 Å². The lowest BCUT2D eigenvalue weighted by Gasteiger charge is -2.10. The summed E-state index contributed by atoms with van der Waals surface area (Å²) < 4.78 is 13.3. The van der Waals surface area contributed by atoms with E-state index in [9.17, 15) is 4.21 Å². The molecule has 1 aromatic rings. The van der Waals surface area contributed by atoms with Crippen molar-refractivity contribution in [2.24, 2.45) is 0 Å². The summed E-state index contributed by atoms with van der Waals surface area (Å²) in [6, 6.07) is 0. The van der Waals surface area contributed by atoms with Crippen LogP contribution in [0, 0.1) is 0 Å². The number of aryl methyl sites for hydroxylation is 1. The molecule has 2 atom stereocenters. The van der Waals surface area contributed by atoms with E-state index in [1.807, 2.05) is 19.4 Å². The van der Waals surface area contributed by atoms with Crippen LogP contribution in [-0.4, -0.2) is 31.8 Å². The first-order valence-electron chi connectivity index (χ1n) is 5.67. The van der Waals surface area contributed by atoms with E-state index in [4.69, 9.17) is 0 Å². The monoisotopic (exact) mass is 243 g/mol. The predicted molar refractivity (Wildman–Crippen MR) is 67.8 cm³/mol. The molecule has 0 bridgehead atoms. The minimum atomic E-state index is -0.714. The highest BCUT2D eigenvalue weighted by atomic mass is 32.2. The Bertz CT molecular complexity index is 338. The molecule has 2 unspecified atom stereocenters. The van der Waals surface area contributed by atoms with Crippen molar-refractivity contribution in [3.8, 4) is 0 Å². The van der Waals surface area contributed by atoms with Crippen molar-refractivity contribution in [1.82, 2.24) is 14.9 Å². The highest BCUT2D eigenvalue weighted by Crippen LogP contribution is 2.00. The summed E-state index contributed by atoms with van der Waals surface area (Å²) in [4.78, 5) is 4.11. The zero-order chi connectivity index (χ0) is 12.0. The van der Waals surface area contributed by atoms with Gasteiger partial charge in [-0.2, -0.15) is 0 Å². The van der Waals surface area contributed by atoms with E-state index in [0.717, 1.165) is 26.1 Å². The Morgan fingerprint density at radius 3 is 3.00 bits per heavy atom. The Morgan fingerprint density at radius 2 is 2.38 bits per heavy atom. The van der Waals surface area contributed by atoms with Crippen LogP contribution < -0.4 is 5.32 Å². The minimum absolute atomic E-state index is 0.267. The van der Waals surface area contributed by atoms with Crippen LogP contribution in [0.15, 0.2) is 12.5 Å². The topological polar surface area (TPSA) is 46.9 Å². The molecule has 5 heteroatoms. The van der Waals surface area contributed by atoms with Gasteiger partial charge in [-0.3, -0.25) is 4.21 Å². The van der Waals surface area contributed by atoms with Gasteiger partial charge in [-0.15, -0.1) is 0 Å². The number of rotatable bonds is 7. The van der Waals surface area contributed by atoms with Crippen LogP contribution in [0.2, 0.25) is 0 Å². The van der Waals surface area contributed by atoms with Gasteiger partial charge < -0.3 is 9.88 Å². The average molecular weight is 243 g/mol. The Hall–Kier alpha value is -0.680. The summed E-state index contributed by atoms with van der Waals surface area (Å²) in [5.41, 5.74) is 1.20. The van der Waals surface area contributed by atoms with Crippen LogP contribution >= 0.6 is 0 Å². The average Bonchev–Trinajstić information content (AvgIpc) is 2.71. The van der Waals surface area contributed by atoms with Gasteiger partial charge in [-0.25, -0.2) is 4.98 Å². The van der Waals surface area contributed by atoms with Crippen LogP contribution in [0.1, 0.15) is 26.0 Å². The van der Waals surface area contributed by atoms with Crippen molar-refractivity contribution in [2.75, 3.05) is 12.8 Å². The van der Waals surface area contributed by atoms with Gasteiger partial charge in [0.05, 0.1) is 12.0 Å². The highest BCUT2D eigenvalue weighted by Gasteiger charge is 2.05. The summed E-state index contributed by atoms with van der Waals surface area (Å²) >= 11 is 0. The SMILES string of the molecule is CCn1cncc1CNCCC(C)S(C)=O. The molecule has 0 saturated carbocycles. The molecule has 0 aliphatic rings. The zero-order valence-corrected chi connectivity index (χ0v) is 11.1. The van der Waals surface area contributed by atoms with Crippen molar-refractivity contribution in [3.05, 3.63) is 18.2 Å². The second-order valence-electron chi connectivity index (χ2n) is 3.95. The smallest absolute Gasteiger partial charge is 0.0948 e. The standard InChI is InChI=1S/C11H21N3OS/c1-4-14-9-13-8-11(14)7-12-6-5-10(2)16(3)15/h8-10,12H,4-7H2,1-3H3. The molecule has 0 fully saturated rings. The molecule has 0 aliphatic carbocycles. The third-order valence-electron chi connectivity index (χ3n) is 2.74. The normalized spacial score (nSPS) is 14.9. The third kappa shape index (κ3) is 4.06. The number of nitrogens with zero attached hydrogens (tertiary/aromatic N) is 2. The fraction of sp³-hybridized carbons (Fsp3) is 0.727. The molecule has 1 heterocycles. The maximum atomic E-state index is 11.1. The number of nitrogens with one attached hydrogen (secondary N) is 1. The highest BCUT2D eigenvalue weighted by molar-refractivity contribution is 7.84. The van der Waals surface area contributed by atoms with E-state index in [1.165, 1.54) is 5.69 Å². The van der Waals surface area contributed by atoms with Crippen LogP contribution in [0.5, 0.6) is 0 Å². The Balaban J connectivity index is 2.23. The fourth-order valence-corrected chi connectivity index (χ4v) is 1.92. The number of hydrogen-bond acceptors (Lipinski definition) is 3. The molecule has 1 aromatic heterocycles. The summed E-state index contributed by atoms with van der Waals surface area (Å²) in [6.07, 6.45) is 6.44. The van der Waals surface area contributed by atoms with Crippen LogP contribution in [0.3, 0.4) is 0 Å². The van der Waals surface area contributed by atoms with Crippen LogP contribution in [0.4, 0.5) is 0 Å². The van der Waals surface area contributed by atoms with Crippen LogP contribution in [-0.2, 0) is 23.9 Å².